The molecule has 0 radical (unpaired) electrons. The number of methoxy groups -OCH3 is 1. The zero-order valence-corrected chi connectivity index (χ0v) is 23.9. The van der Waals surface area contributed by atoms with Crippen molar-refractivity contribution in [1.29, 1.82) is 0 Å². The Hall–Kier alpha value is -3.67. The van der Waals surface area contributed by atoms with Crippen LogP contribution in [0.15, 0.2) is 60.7 Å². The minimum atomic E-state index is -5.08. The van der Waals surface area contributed by atoms with Crippen molar-refractivity contribution in [1.82, 2.24) is 15.1 Å². The van der Waals surface area contributed by atoms with Gasteiger partial charge >= 0.3 is 12.1 Å². The third-order valence-corrected chi connectivity index (χ3v) is 6.91. The Kier molecular flexibility index (Phi) is 11.7. The number of nitrogens with one attached hydrogen (secondary N) is 1. The third-order valence-electron chi connectivity index (χ3n) is 6.66. The van der Waals surface area contributed by atoms with Gasteiger partial charge in [0.05, 0.1) is 7.11 Å². The first kappa shape index (κ1) is 32.8. The van der Waals surface area contributed by atoms with Gasteiger partial charge < -0.3 is 20.1 Å². The molecule has 3 aromatic rings. The van der Waals surface area contributed by atoms with Crippen LogP contribution in [-0.2, 0) is 17.9 Å². The molecular weight excluding hydrogens is 578 g/mol. The molecule has 1 aliphatic rings. The first-order chi connectivity index (χ1) is 19.9. The van der Waals surface area contributed by atoms with E-state index in [1.165, 1.54) is 6.07 Å². The lowest BCUT2D eigenvalue weighted by Crippen LogP contribution is -2.28. The average Bonchev–Trinajstić information content (AvgIpc) is 3.16. The number of carboxylic acids is 1. The molecule has 1 fully saturated rings. The maximum absolute atomic E-state index is 14.9. The van der Waals surface area contributed by atoms with Crippen LogP contribution < -0.4 is 10.1 Å². The molecule has 42 heavy (non-hydrogen) atoms. The van der Waals surface area contributed by atoms with Crippen LogP contribution >= 0.6 is 11.6 Å². The number of hydrogen-bond acceptors (Lipinski definition) is 5. The van der Waals surface area contributed by atoms with Gasteiger partial charge in [0.25, 0.3) is 5.91 Å². The normalized spacial score (nSPS) is 14.4. The Bertz CT molecular complexity index is 1370. The van der Waals surface area contributed by atoms with Gasteiger partial charge in [0.15, 0.2) is 0 Å². The first-order valence-electron chi connectivity index (χ1n) is 13.1. The Labute approximate surface area is 246 Å². The maximum Gasteiger partial charge on any atom is 0.490 e. The van der Waals surface area contributed by atoms with Gasteiger partial charge in [0.1, 0.15) is 11.6 Å². The number of halogens is 5. The Balaban J connectivity index is 0.000000616. The summed E-state index contributed by atoms with van der Waals surface area (Å²) in [5.74, 6) is -2.54. The van der Waals surface area contributed by atoms with Crippen LogP contribution in [0.5, 0.6) is 5.75 Å². The van der Waals surface area contributed by atoms with Crippen molar-refractivity contribution < 1.29 is 37.0 Å². The van der Waals surface area contributed by atoms with Gasteiger partial charge in [-0.2, -0.15) is 13.2 Å². The molecule has 1 saturated heterocycles. The summed E-state index contributed by atoms with van der Waals surface area (Å²) in [4.78, 5) is 26.0. The number of carbonyl (C=O) groups is 2. The van der Waals surface area contributed by atoms with Crippen molar-refractivity contribution in [3.05, 3.63) is 88.2 Å². The van der Waals surface area contributed by atoms with E-state index < -0.39 is 12.1 Å². The lowest BCUT2D eigenvalue weighted by molar-refractivity contribution is -0.192. The standard InChI is InChI=1S/C28H31ClFN3O2.C2HF3O2/c1-32-12-3-13-33(15-14-32)19-24-16-21(8-11-27(24)35-2)22-4-5-23(26(30)17-22)18-31-28(34)20-6-9-25(29)10-7-20;3-2(4,5)1(6)7/h4-11,16-17H,3,12-15,18-19H2,1-2H3,(H,31,34);(H,6,7). The molecule has 0 spiro atoms. The fraction of sp³-hybridized carbons (Fsp3) is 0.333. The number of rotatable bonds is 7. The molecule has 1 heterocycles. The first-order valence-corrected chi connectivity index (χ1v) is 13.5. The number of nitrogens with zero attached hydrogens (tertiary/aromatic N) is 2. The smallest absolute Gasteiger partial charge is 0.490 e. The molecule has 1 aliphatic heterocycles. The van der Waals surface area contributed by atoms with E-state index in [0.717, 1.165) is 61.6 Å². The Morgan fingerprint density at radius 2 is 1.60 bits per heavy atom. The number of carbonyl (C=O) groups excluding carboxylic acids is 1. The number of alkyl halides is 3. The number of benzene rings is 3. The van der Waals surface area contributed by atoms with Crippen molar-refractivity contribution in [3.63, 3.8) is 0 Å². The van der Waals surface area contributed by atoms with Crippen LogP contribution in [0.4, 0.5) is 17.6 Å². The van der Waals surface area contributed by atoms with E-state index in [0.29, 0.717) is 16.1 Å². The summed E-state index contributed by atoms with van der Waals surface area (Å²) in [6, 6.07) is 17.7. The van der Waals surface area contributed by atoms with E-state index >= 15 is 0 Å². The molecule has 1 amide bonds. The third kappa shape index (κ3) is 9.71. The van der Waals surface area contributed by atoms with Crippen molar-refractivity contribution in [2.45, 2.75) is 25.7 Å². The van der Waals surface area contributed by atoms with E-state index in [1.54, 1.807) is 37.4 Å². The summed E-state index contributed by atoms with van der Waals surface area (Å²) in [5, 5.41) is 10.4. The number of carboxylic acid groups (broad SMARTS) is 1. The van der Waals surface area contributed by atoms with E-state index in [1.807, 2.05) is 18.2 Å². The van der Waals surface area contributed by atoms with E-state index in [4.69, 9.17) is 26.2 Å². The van der Waals surface area contributed by atoms with Crippen molar-refractivity contribution >= 4 is 23.5 Å². The van der Waals surface area contributed by atoms with Crippen molar-refractivity contribution in [2.75, 3.05) is 40.3 Å². The van der Waals surface area contributed by atoms with Crippen LogP contribution in [0, 0.1) is 5.82 Å². The van der Waals surface area contributed by atoms with Crippen molar-refractivity contribution in [2.24, 2.45) is 0 Å². The summed E-state index contributed by atoms with van der Waals surface area (Å²) in [6.45, 7) is 5.10. The number of likely N-dealkylation sites (N-methyl/N-ethyl adjacent to an activating group) is 1. The highest BCUT2D eigenvalue weighted by Gasteiger charge is 2.38. The Morgan fingerprint density at radius 3 is 2.21 bits per heavy atom. The fourth-order valence-corrected chi connectivity index (χ4v) is 4.46. The second-order valence-electron chi connectivity index (χ2n) is 9.76. The highest BCUT2D eigenvalue weighted by Crippen LogP contribution is 2.29. The molecule has 226 valence electrons. The zero-order chi connectivity index (χ0) is 30.9. The summed E-state index contributed by atoms with van der Waals surface area (Å²) in [7, 11) is 3.84. The molecule has 0 aromatic heterocycles. The lowest BCUT2D eigenvalue weighted by Gasteiger charge is -2.22. The molecule has 2 N–H and O–H groups in total. The minimum absolute atomic E-state index is 0.102. The average molecular weight is 610 g/mol. The van der Waals surface area contributed by atoms with Gasteiger partial charge in [-0.3, -0.25) is 9.69 Å². The SMILES string of the molecule is COc1ccc(-c2ccc(CNC(=O)c3ccc(Cl)cc3)c(F)c2)cc1CN1CCCN(C)CC1.O=C(O)C(F)(F)F. The van der Waals surface area contributed by atoms with Crippen LogP contribution in [0.25, 0.3) is 11.1 Å². The number of amides is 1. The molecule has 0 atom stereocenters. The molecule has 0 aliphatic carbocycles. The quantitative estimate of drug-likeness (QED) is 0.327. The summed E-state index contributed by atoms with van der Waals surface area (Å²) < 4.78 is 52.3. The van der Waals surface area contributed by atoms with Gasteiger partial charge in [-0.05, 0) is 80.1 Å². The van der Waals surface area contributed by atoms with Gasteiger partial charge in [-0.15, -0.1) is 0 Å². The topological polar surface area (TPSA) is 82.1 Å². The van der Waals surface area contributed by atoms with Gasteiger partial charge in [0.2, 0.25) is 0 Å². The molecule has 7 nitrogen and oxygen atoms in total. The Morgan fingerprint density at radius 1 is 0.952 bits per heavy atom. The molecule has 3 aromatic carbocycles. The molecule has 4 rings (SSSR count). The molecule has 12 heteroatoms. The van der Waals surface area contributed by atoms with Crippen LogP contribution in [-0.4, -0.2) is 73.3 Å². The second kappa shape index (κ2) is 15.0. The predicted molar refractivity (Wildman–Crippen MR) is 152 cm³/mol. The monoisotopic (exact) mass is 609 g/mol. The largest absolute Gasteiger partial charge is 0.496 e. The van der Waals surface area contributed by atoms with Crippen molar-refractivity contribution in [3.8, 4) is 16.9 Å². The summed E-state index contributed by atoms with van der Waals surface area (Å²) >= 11 is 5.87. The number of aliphatic carboxylic acids is 1. The van der Waals surface area contributed by atoms with Gasteiger partial charge in [0, 0.05) is 47.9 Å². The highest BCUT2D eigenvalue weighted by molar-refractivity contribution is 6.30. The molecule has 0 bridgehead atoms. The molecular formula is C30H32ClF4N3O4. The minimum Gasteiger partial charge on any atom is -0.496 e. The van der Waals surface area contributed by atoms with E-state index in [9.17, 15) is 22.4 Å². The predicted octanol–water partition coefficient (Wildman–Crippen LogP) is 5.86. The number of ether oxygens (including phenoxy) is 1. The van der Waals surface area contributed by atoms with E-state index in [-0.39, 0.29) is 18.3 Å². The molecule has 0 saturated carbocycles. The summed E-state index contributed by atoms with van der Waals surface area (Å²) in [5.41, 5.74) is 3.72. The maximum atomic E-state index is 14.9. The fourth-order valence-electron chi connectivity index (χ4n) is 4.33. The van der Waals surface area contributed by atoms with Gasteiger partial charge in [-0.1, -0.05) is 29.8 Å². The van der Waals surface area contributed by atoms with Gasteiger partial charge in [-0.25, -0.2) is 9.18 Å². The highest BCUT2D eigenvalue weighted by atomic mass is 35.5. The lowest BCUT2D eigenvalue weighted by atomic mass is 10.00. The summed E-state index contributed by atoms with van der Waals surface area (Å²) in [6.07, 6.45) is -3.94. The van der Waals surface area contributed by atoms with Crippen LogP contribution in [0.2, 0.25) is 5.02 Å². The zero-order valence-electron chi connectivity index (χ0n) is 23.2. The van der Waals surface area contributed by atoms with E-state index in [2.05, 4.69) is 28.2 Å². The van der Waals surface area contributed by atoms with Crippen LogP contribution in [0.3, 0.4) is 0 Å². The molecule has 0 unspecified atom stereocenters. The van der Waals surface area contributed by atoms with Crippen LogP contribution in [0.1, 0.15) is 27.9 Å². The number of hydrogen-bond donors (Lipinski definition) is 2. The second-order valence-corrected chi connectivity index (χ2v) is 10.2.